The Morgan fingerprint density at radius 3 is 3.00 bits per heavy atom. The van der Waals surface area contributed by atoms with Crippen molar-refractivity contribution in [1.82, 2.24) is 0 Å². The van der Waals surface area contributed by atoms with E-state index in [0.717, 1.165) is 6.26 Å². The van der Waals surface area contributed by atoms with Crippen LogP contribution in [0, 0.1) is 0 Å². The van der Waals surface area contributed by atoms with Crippen LogP contribution in [0.4, 0.5) is 0 Å². The molecule has 1 heterocycles. The molecular formula is C9H10O3S. The van der Waals surface area contributed by atoms with Crippen LogP contribution in [0.25, 0.3) is 5.57 Å². The van der Waals surface area contributed by atoms with Gasteiger partial charge in [0.25, 0.3) is 0 Å². The summed E-state index contributed by atoms with van der Waals surface area (Å²) < 4.78 is 4.76. The van der Waals surface area contributed by atoms with Crippen LogP contribution in [0.2, 0.25) is 0 Å². The molecule has 4 heteroatoms. The van der Waals surface area contributed by atoms with Crippen molar-refractivity contribution in [3.63, 3.8) is 0 Å². The first-order chi connectivity index (χ1) is 6.29. The van der Waals surface area contributed by atoms with Crippen LogP contribution in [0.15, 0.2) is 23.8 Å². The summed E-state index contributed by atoms with van der Waals surface area (Å²) >= 11 is 1.38. The number of thiophene rings is 1. The Morgan fingerprint density at radius 2 is 2.54 bits per heavy atom. The zero-order valence-electron chi connectivity index (χ0n) is 7.19. The van der Waals surface area contributed by atoms with Gasteiger partial charge in [0.05, 0.1) is 12.9 Å². The Kier molecular flexibility index (Phi) is 3.52. The number of aliphatic hydroxyl groups is 1. The van der Waals surface area contributed by atoms with Gasteiger partial charge in [-0.25, -0.2) is 4.79 Å². The highest BCUT2D eigenvalue weighted by atomic mass is 32.1. The Bertz CT molecular complexity index is 301. The summed E-state index contributed by atoms with van der Waals surface area (Å²) in [5.41, 5.74) is 0.205. The molecule has 0 aliphatic carbocycles. The van der Waals surface area contributed by atoms with E-state index in [2.05, 4.69) is 0 Å². The first-order valence-electron chi connectivity index (χ1n) is 3.85. The topological polar surface area (TPSA) is 46.5 Å². The SMILES string of the molecule is CCOC(=O)/C(=C\O)c1cccs1. The summed E-state index contributed by atoms with van der Waals surface area (Å²) in [5, 5.41) is 10.7. The highest BCUT2D eigenvalue weighted by Crippen LogP contribution is 2.20. The number of rotatable bonds is 3. The molecule has 1 aromatic rings. The second kappa shape index (κ2) is 4.67. The van der Waals surface area contributed by atoms with Crippen LogP contribution in [-0.2, 0) is 9.53 Å². The number of carbonyl (C=O) groups excluding carboxylic acids is 1. The summed E-state index contributed by atoms with van der Waals surface area (Å²) in [6, 6.07) is 3.56. The average Bonchev–Trinajstić information content (AvgIpc) is 2.59. The molecule has 70 valence electrons. The number of hydrogen-bond donors (Lipinski definition) is 1. The van der Waals surface area contributed by atoms with Gasteiger partial charge in [0.2, 0.25) is 0 Å². The third-order valence-electron chi connectivity index (χ3n) is 1.41. The maximum absolute atomic E-state index is 11.2. The van der Waals surface area contributed by atoms with E-state index in [1.807, 2.05) is 11.4 Å². The number of aliphatic hydroxyl groups excluding tert-OH is 1. The van der Waals surface area contributed by atoms with E-state index in [9.17, 15) is 4.79 Å². The quantitative estimate of drug-likeness (QED) is 0.460. The fraction of sp³-hybridized carbons (Fsp3) is 0.222. The van der Waals surface area contributed by atoms with E-state index in [1.165, 1.54) is 11.3 Å². The molecule has 0 saturated heterocycles. The van der Waals surface area contributed by atoms with Crippen LogP contribution >= 0.6 is 11.3 Å². The zero-order valence-corrected chi connectivity index (χ0v) is 8.00. The molecule has 0 radical (unpaired) electrons. The minimum absolute atomic E-state index is 0.205. The lowest BCUT2D eigenvalue weighted by Crippen LogP contribution is -2.05. The van der Waals surface area contributed by atoms with Gasteiger partial charge in [-0.15, -0.1) is 11.3 Å². The van der Waals surface area contributed by atoms with Crippen molar-refractivity contribution < 1.29 is 14.6 Å². The molecule has 3 nitrogen and oxygen atoms in total. The van der Waals surface area contributed by atoms with E-state index in [1.54, 1.807) is 13.0 Å². The lowest BCUT2D eigenvalue weighted by Gasteiger charge is -2.02. The van der Waals surface area contributed by atoms with Gasteiger partial charge in [0.15, 0.2) is 0 Å². The Hall–Kier alpha value is -1.29. The molecular weight excluding hydrogens is 188 g/mol. The molecule has 0 unspecified atom stereocenters. The van der Waals surface area contributed by atoms with Gasteiger partial charge in [-0.3, -0.25) is 0 Å². The molecule has 0 atom stereocenters. The molecule has 13 heavy (non-hydrogen) atoms. The van der Waals surface area contributed by atoms with Crippen molar-refractivity contribution in [2.45, 2.75) is 6.92 Å². The van der Waals surface area contributed by atoms with E-state index in [4.69, 9.17) is 9.84 Å². The summed E-state index contributed by atoms with van der Waals surface area (Å²) in [6.07, 6.45) is 0.782. The summed E-state index contributed by atoms with van der Waals surface area (Å²) in [4.78, 5) is 11.9. The molecule has 0 amide bonds. The Balaban J connectivity index is 2.82. The second-order valence-electron chi connectivity index (χ2n) is 2.24. The molecule has 0 fully saturated rings. The van der Waals surface area contributed by atoms with Crippen molar-refractivity contribution in [2.24, 2.45) is 0 Å². The summed E-state index contributed by atoms with van der Waals surface area (Å²) in [5.74, 6) is -0.493. The van der Waals surface area contributed by atoms with Crippen molar-refractivity contribution in [3.05, 3.63) is 28.7 Å². The lowest BCUT2D eigenvalue weighted by atomic mass is 10.2. The number of ether oxygens (including phenoxy) is 1. The van der Waals surface area contributed by atoms with E-state index < -0.39 is 5.97 Å². The maximum Gasteiger partial charge on any atom is 0.342 e. The van der Waals surface area contributed by atoms with E-state index in [-0.39, 0.29) is 5.57 Å². The minimum atomic E-state index is -0.493. The van der Waals surface area contributed by atoms with E-state index in [0.29, 0.717) is 11.5 Å². The monoisotopic (exact) mass is 198 g/mol. The van der Waals surface area contributed by atoms with Gasteiger partial charge in [0.1, 0.15) is 5.57 Å². The van der Waals surface area contributed by atoms with Gasteiger partial charge >= 0.3 is 5.97 Å². The highest BCUT2D eigenvalue weighted by Gasteiger charge is 2.13. The minimum Gasteiger partial charge on any atom is -0.515 e. The van der Waals surface area contributed by atoms with E-state index >= 15 is 0 Å². The Labute approximate surface area is 80.3 Å². The molecule has 0 bridgehead atoms. The van der Waals surface area contributed by atoms with Crippen molar-refractivity contribution in [2.75, 3.05) is 6.61 Å². The van der Waals surface area contributed by atoms with Crippen molar-refractivity contribution >= 4 is 22.9 Å². The average molecular weight is 198 g/mol. The number of hydrogen-bond acceptors (Lipinski definition) is 4. The summed E-state index contributed by atoms with van der Waals surface area (Å²) in [6.45, 7) is 2.03. The first kappa shape index (κ1) is 9.80. The molecule has 0 aliphatic rings. The van der Waals surface area contributed by atoms with Crippen molar-refractivity contribution in [3.8, 4) is 0 Å². The number of carbonyl (C=O) groups is 1. The van der Waals surface area contributed by atoms with Crippen LogP contribution in [0.1, 0.15) is 11.8 Å². The first-order valence-corrected chi connectivity index (χ1v) is 4.73. The largest absolute Gasteiger partial charge is 0.515 e. The van der Waals surface area contributed by atoms with Gasteiger partial charge in [-0.05, 0) is 18.4 Å². The van der Waals surface area contributed by atoms with Gasteiger partial charge < -0.3 is 9.84 Å². The lowest BCUT2D eigenvalue weighted by molar-refractivity contribution is -0.136. The molecule has 1 rings (SSSR count). The van der Waals surface area contributed by atoms with Crippen LogP contribution in [-0.4, -0.2) is 17.7 Å². The molecule has 0 spiro atoms. The van der Waals surface area contributed by atoms with Gasteiger partial charge in [0, 0.05) is 4.88 Å². The maximum atomic E-state index is 11.2. The predicted molar refractivity (Wildman–Crippen MR) is 51.6 cm³/mol. The van der Waals surface area contributed by atoms with Gasteiger partial charge in [-0.2, -0.15) is 0 Å². The molecule has 1 aromatic heterocycles. The van der Waals surface area contributed by atoms with Crippen LogP contribution in [0.5, 0.6) is 0 Å². The number of esters is 1. The third kappa shape index (κ3) is 2.32. The molecule has 0 aromatic carbocycles. The van der Waals surface area contributed by atoms with Crippen molar-refractivity contribution in [1.29, 1.82) is 0 Å². The molecule has 0 saturated carbocycles. The molecule has 1 N–H and O–H groups in total. The van der Waals surface area contributed by atoms with Crippen LogP contribution < -0.4 is 0 Å². The fourth-order valence-corrected chi connectivity index (χ4v) is 1.58. The smallest absolute Gasteiger partial charge is 0.342 e. The third-order valence-corrected chi connectivity index (χ3v) is 2.31. The highest BCUT2D eigenvalue weighted by molar-refractivity contribution is 7.11. The standard InChI is InChI=1S/C9H10O3S/c1-2-12-9(11)7(6-10)8-4-3-5-13-8/h3-6,10H,2H2,1H3/b7-6-. The van der Waals surface area contributed by atoms with Crippen LogP contribution in [0.3, 0.4) is 0 Å². The Morgan fingerprint density at radius 1 is 1.77 bits per heavy atom. The predicted octanol–water partition coefficient (Wildman–Crippen LogP) is 2.21. The zero-order chi connectivity index (χ0) is 9.68. The second-order valence-corrected chi connectivity index (χ2v) is 3.19. The normalized spacial score (nSPS) is 11.3. The summed E-state index contributed by atoms with van der Waals surface area (Å²) in [7, 11) is 0. The van der Waals surface area contributed by atoms with Gasteiger partial charge in [-0.1, -0.05) is 6.07 Å². The molecule has 0 aliphatic heterocycles. The fourth-order valence-electron chi connectivity index (χ4n) is 0.858.